The Balaban J connectivity index is 1.80. The molecule has 0 spiro atoms. The molecule has 2 aromatic rings. The molecule has 0 aromatic heterocycles. The van der Waals surface area contributed by atoms with E-state index in [-0.39, 0.29) is 6.04 Å². The minimum absolute atomic E-state index is 0.120. The van der Waals surface area contributed by atoms with Crippen LogP contribution in [-0.2, 0) is 6.42 Å². The molecule has 5 heteroatoms. The lowest BCUT2D eigenvalue weighted by molar-refractivity contribution is 0.222. The maximum atomic E-state index is 6.03. The predicted molar refractivity (Wildman–Crippen MR) is 113 cm³/mol. The second kappa shape index (κ2) is 9.80. The van der Waals surface area contributed by atoms with E-state index in [1.165, 1.54) is 16.7 Å². The van der Waals surface area contributed by atoms with Crippen LogP contribution in [0.2, 0.25) is 0 Å². The van der Waals surface area contributed by atoms with Crippen LogP contribution in [0.1, 0.15) is 36.6 Å². The van der Waals surface area contributed by atoms with Crippen molar-refractivity contribution >= 4 is 0 Å². The van der Waals surface area contributed by atoms with Gasteiger partial charge in [-0.2, -0.15) is 0 Å². The normalized spacial score (nSPS) is 16.0. The predicted octanol–water partition coefficient (Wildman–Crippen LogP) is 3.66. The highest BCUT2D eigenvalue weighted by atomic mass is 16.5. The fourth-order valence-corrected chi connectivity index (χ4v) is 3.80. The Bertz CT molecular complexity index is 774. The monoisotopic (exact) mass is 384 g/mol. The van der Waals surface area contributed by atoms with Crippen LogP contribution < -0.4 is 19.5 Å². The van der Waals surface area contributed by atoms with Crippen LogP contribution in [-0.4, -0.2) is 51.9 Å². The van der Waals surface area contributed by atoms with Crippen LogP contribution in [0.4, 0.5) is 0 Å². The minimum Gasteiger partial charge on any atom is -0.493 e. The molecule has 0 fully saturated rings. The number of methoxy groups -OCH3 is 2. The molecule has 0 bridgehead atoms. The van der Waals surface area contributed by atoms with Crippen molar-refractivity contribution in [1.29, 1.82) is 0 Å². The number of hydrogen-bond acceptors (Lipinski definition) is 5. The zero-order valence-electron chi connectivity index (χ0n) is 17.5. The molecule has 28 heavy (non-hydrogen) atoms. The third-order valence-corrected chi connectivity index (χ3v) is 5.46. The molecule has 5 nitrogen and oxygen atoms in total. The van der Waals surface area contributed by atoms with E-state index in [1.54, 1.807) is 14.2 Å². The van der Waals surface area contributed by atoms with E-state index in [0.29, 0.717) is 6.61 Å². The van der Waals surface area contributed by atoms with Crippen LogP contribution in [0.5, 0.6) is 17.2 Å². The first-order valence-corrected chi connectivity index (χ1v) is 10.1. The molecule has 1 aliphatic rings. The topological polar surface area (TPSA) is 43.0 Å². The zero-order chi connectivity index (χ0) is 19.9. The summed E-state index contributed by atoms with van der Waals surface area (Å²) in [6.07, 6.45) is 0.978. The standard InChI is InChI=1S/C23H32N2O3/c1-5-25(6-2)12-13-28-19-9-7-8-18(14-19)23-20-16-22(27-4)21(26-3)15-17(20)10-11-24-23/h7-9,14-16,23-24H,5-6,10-13H2,1-4H3. The van der Waals surface area contributed by atoms with Crippen LogP contribution in [0, 0.1) is 0 Å². The fourth-order valence-electron chi connectivity index (χ4n) is 3.80. The number of likely N-dealkylation sites (N-methyl/N-ethyl adjacent to an activating group) is 1. The van der Waals surface area contributed by atoms with Gasteiger partial charge < -0.3 is 24.4 Å². The highest BCUT2D eigenvalue weighted by Crippen LogP contribution is 2.37. The summed E-state index contributed by atoms with van der Waals surface area (Å²) in [5, 5.41) is 3.64. The van der Waals surface area contributed by atoms with Crippen molar-refractivity contribution in [1.82, 2.24) is 10.2 Å². The lowest BCUT2D eigenvalue weighted by atomic mass is 9.89. The zero-order valence-corrected chi connectivity index (χ0v) is 17.5. The van der Waals surface area contributed by atoms with Gasteiger partial charge in [-0.05, 0) is 60.5 Å². The molecule has 1 N–H and O–H groups in total. The van der Waals surface area contributed by atoms with E-state index >= 15 is 0 Å². The Morgan fingerprint density at radius 1 is 1.04 bits per heavy atom. The highest BCUT2D eigenvalue weighted by Gasteiger charge is 2.24. The first kappa shape index (κ1) is 20.5. The van der Waals surface area contributed by atoms with Crippen LogP contribution in [0.3, 0.4) is 0 Å². The molecule has 2 aromatic carbocycles. The highest BCUT2D eigenvalue weighted by molar-refractivity contribution is 5.52. The lowest BCUT2D eigenvalue weighted by Gasteiger charge is -2.29. The van der Waals surface area contributed by atoms with Crippen LogP contribution in [0.25, 0.3) is 0 Å². The SMILES string of the molecule is CCN(CC)CCOc1cccc(C2NCCc3cc(OC)c(OC)cc32)c1. The quantitative estimate of drug-likeness (QED) is 0.715. The first-order valence-electron chi connectivity index (χ1n) is 10.1. The van der Waals surface area contributed by atoms with Gasteiger partial charge in [0.2, 0.25) is 0 Å². The molecule has 0 amide bonds. The van der Waals surface area contributed by atoms with Crippen molar-refractivity contribution < 1.29 is 14.2 Å². The lowest BCUT2D eigenvalue weighted by Crippen LogP contribution is -2.30. The van der Waals surface area contributed by atoms with Gasteiger partial charge in [-0.25, -0.2) is 0 Å². The van der Waals surface area contributed by atoms with Gasteiger partial charge in [0, 0.05) is 13.1 Å². The van der Waals surface area contributed by atoms with Gasteiger partial charge in [-0.15, -0.1) is 0 Å². The van der Waals surface area contributed by atoms with Crippen molar-refractivity contribution in [3.8, 4) is 17.2 Å². The molecule has 0 aliphatic carbocycles. The molecule has 0 radical (unpaired) electrons. The Kier molecular flexibility index (Phi) is 7.18. The molecule has 1 heterocycles. The van der Waals surface area contributed by atoms with E-state index in [1.807, 2.05) is 6.07 Å². The van der Waals surface area contributed by atoms with E-state index in [9.17, 15) is 0 Å². The Labute approximate surface area is 168 Å². The maximum absolute atomic E-state index is 6.03. The van der Waals surface area contributed by atoms with Gasteiger partial charge >= 0.3 is 0 Å². The van der Waals surface area contributed by atoms with Crippen molar-refractivity contribution in [3.63, 3.8) is 0 Å². The number of benzene rings is 2. The smallest absolute Gasteiger partial charge is 0.161 e. The summed E-state index contributed by atoms with van der Waals surface area (Å²) >= 11 is 0. The Morgan fingerprint density at radius 2 is 1.79 bits per heavy atom. The third kappa shape index (κ3) is 4.59. The number of fused-ring (bicyclic) bond motifs is 1. The maximum Gasteiger partial charge on any atom is 0.161 e. The van der Waals surface area contributed by atoms with E-state index in [0.717, 1.165) is 49.8 Å². The summed E-state index contributed by atoms with van der Waals surface area (Å²) in [6, 6.07) is 12.7. The van der Waals surface area contributed by atoms with E-state index in [4.69, 9.17) is 14.2 Å². The molecule has 0 saturated heterocycles. The minimum atomic E-state index is 0.120. The summed E-state index contributed by atoms with van der Waals surface area (Å²) < 4.78 is 17.0. The van der Waals surface area contributed by atoms with Gasteiger partial charge in [0.1, 0.15) is 12.4 Å². The second-order valence-corrected chi connectivity index (χ2v) is 6.99. The van der Waals surface area contributed by atoms with Crippen LogP contribution >= 0.6 is 0 Å². The number of hydrogen-bond donors (Lipinski definition) is 1. The van der Waals surface area contributed by atoms with Crippen molar-refractivity contribution in [3.05, 3.63) is 53.1 Å². The molecule has 3 rings (SSSR count). The van der Waals surface area contributed by atoms with Gasteiger partial charge in [-0.1, -0.05) is 26.0 Å². The van der Waals surface area contributed by atoms with Gasteiger partial charge in [0.05, 0.1) is 20.3 Å². The fraction of sp³-hybridized carbons (Fsp3) is 0.478. The number of rotatable bonds is 9. The van der Waals surface area contributed by atoms with Crippen molar-refractivity contribution in [2.45, 2.75) is 26.3 Å². The molecule has 0 saturated carbocycles. The number of nitrogens with one attached hydrogen (secondary N) is 1. The van der Waals surface area contributed by atoms with E-state index < -0.39 is 0 Å². The van der Waals surface area contributed by atoms with E-state index in [2.05, 4.69) is 54.4 Å². The molecular weight excluding hydrogens is 352 g/mol. The van der Waals surface area contributed by atoms with Gasteiger partial charge in [-0.3, -0.25) is 0 Å². The molecule has 1 unspecified atom stereocenters. The molecule has 152 valence electrons. The Morgan fingerprint density at radius 3 is 2.50 bits per heavy atom. The molecule has 1 aliphatic heterocycles. The average Bonchev–Trinajstić information content (AvgIpc) is 2.75. The number of nitrogens with zero attached hydrogens (tertiary/aromatic N) is 1. The summed E-state index contributed by atoms with van der Waals surface area (Å²) in [6.45, 7) is 9.03. The third-order valence-electron chi connectivity index (χ3n) is 5.46. The van der Waals surface area contributed by atoms with Crippen molar-refractivity contribution in [2.75, 3.05) is 47.0 Å². The largest absolute Gasteiger partial charge is 0.493 e. The first-order chi connectivity index (χ1) is 13.7. The van der Waals surface area contributed by atoms with Crippen LogP contribution in [0.15, 0.2) is 36.4 Å². The Hall–Kier alpha value is -2.24. The van der Waals surface area contributed by atoms with Crippen molar-refractivity contribution in [2.24, 2.45) is 0 Å². The number of ether oxygens (including phenoxy) is 3. The summed E-state index contributed by atoms with van der Waals surface area (Å²) in [4.78, 5) is 2.36. The van der Waals surface area contributed by atoms with Gasteiger partial charge in [0.15, 0.2) is 11.5 Å². The second-order valence-electron chi connectivity index (χ2n) is 6.99. The summed E-state index contributed by atoms with van der Waals surface area (Å²) in [5.41, 5.74) is 3.74. The molecule has 1 atom stereocenters. The van der Waals surface area contributed by atoms with Gasteiger partial charge in [0.25, 0.3) is 0 Å². The summed E-state index contributed by atoms with van der Waals surface area (Å²) in [5.74, 6) is 2.47. The summed E-state index contributed by atoms with van der Waals surface area (Å²) in [7, 11) is 3.36. The average molecular weight is 385 g/mol. The molecular formula is C23H32N2O3.